The Morgan fingerprint density at radius 3 is 2.28 bits per heavy atom. The lowest BCUT2D eigenvalue weighted by atomic mass is 10.2. The highest BCUT2D eigenvalue weighted by Crippen LogP contribution is 2.19. The fourth-order valence-corrected chi connectivity index (χ4v) is 2.41. The molecule has 148 valence electrons. The van der Waals surface area contributed by atoms with E-state index in [1.54, 1.807) is 36.4 Å². The van der Waals surface area contributed by atoms with Crippen LogP contribution in [0, 0.1) is 5.82 Å². The largest absolute Gasteiger partial charge is 0.489 e. The van der Waals surface area contributed by atoms with Gasteiger partial charge in [0.2, 0.25) is 0 Å². The number of carboxylic acid groups (broad SMARTS) is 1. The van der Waals surface area contributed by atoms with Crippen LogP contribution in [0.3, 0.4) is 0 Å². The van der Waals surface area contributed by atoms with Gasteiger partial charge in [-0.2, -0.15) is 0 Å². The van der Waals surface area contributed by atoms with E-state index in [4.69, 9.17) is 14.6 Å². The van der Waals surface area contributed by atoms with Gasteiger partial charge in [-0.3, -0.25) is 4.98 Å². The third-order valence-corrected chi connectivity index (χ3v) is 3.94. The van der Waals surface area contributed by atoms with Crippen molar-refractivity contribution >= 4 is 11.7 Å². The molecule has 2 aromatic carbocycles. The van der Waals surface area contributed by atoms with Gasteiger partial charge in [-0.05, 0) is 54.1 Å². The van der Waals surface area contributed by atoms with Crippen LogP contribution >= 0.6 is 0 Å². The molecular formula is C21H17FN2O5. The normalized spacial score (nSPS) is 11.1. The van der Waals surface area contributed by atoms with Gasteiger partial charge >= 0.3 is 5.97 Å². The zero-order valence-electron chi connectivity index (χ0n) is 15.2. The lowest BCUT2D eigenvalue weighted by Gasteiger charge is -2.10. The molecule has 7 nitrogen and oxygen atoms in total. The fourth-order valence-electron chi connectivity index (χ4n) is 2.41. The zero-order chi connectivity index (χ0) is 20.6. The summed E-state index contributed by atoms with van der Waals surface area (Å²) < 4.78 is 24.1. The summed E-state index contributed by atoms with van der Waals surface area (Å²) >= 11 is 0. The van der Waals surface area contributed by atoms with Crippen molar-refractivity contribution < 1.29 is 29.0 Å². The van der Waals surface area contributed by atoms with Crippen molar-refractivity contribution in [2.24, 2.45) is 5.16 Å². The van der Waals surface area contributed by atoms with Crippen LogP contribution in [-0.2, 0) is 6.61 Å². The van der Waals surface area contributed by atoms with Crippen LogP contribution in [0.15, 0.2) is 72.0 Å². The molecule has 0 atom stereocenters. The Morgan fingerprint density at radius 1 is 1.00 bits per heavy atom. The second-order valence-electron chi connectivity index (χ2n) is 5.96. The number of hydrogen-bond acceptors (Lipinski definition) is 6. The van der Waals surface area contributed by atoms with E-state index in [-0.39, 0.29) is 29.4 Å². The Kier molecular flexibility index (Phi) is 6.36. The summed E-state index contributed by atoms with van der Waals surface area (Å²) in [5.74, 6) is -0.308. The van der Waals surface area contributed by atoms with Crippen LogP contribution < -0.4 is 9.47 Å². The van der Waals surface area contributed by atoms with Crippen molar-refractivity contribution in [3.63, 3.8) is 0 Å². The molecule has 0 spiro atoms. The second-order valence-corrected chi connectivity index (χ2v) is 5.96. The molecule has 8 heteroatoms. The monoisotopic (exact) mass is 396 g/mol. The molecule has 0 radical (unpaired) electrons. The van der Waals surface area contributed by atoms with Crippen LogP contribution in [-0.4, -0.2) is 33.6 Å². The van der Waals surface area contributed by atoms with Crippen LogP contribution in [0.4, 0.5) is 4.39 Å². The second kappa shape index (κ2) is 9.32. The van der Waals surface area contributed by atoms with Gasteiger partial charge in [0.25, 0.3) is 0 Å². The number of pyridine rings is 1. The van der Waals surface area contributed by atoms with Crippen LogP contribution in [0.5, 0.6) is 11.5 Å². The Hall–Kier alpha value is -3.94. The number of carbonyl (C=O) groups is 1. The molecule has 0 saturated carbocycles. The van der Waals surface area contributed by atoms with E-state index in [9.17, 15) is 14.4 Å². The van der Waals surface area contributed by atoms with E-state index in [0.717, 1.165) is 5.56 Å². The first-order valence-electron chi connectivity index (χ1n) is 8.56. The molecule has 3 aromatic rings. The van der Waals surface area contributed by atoms with Gasteiger partial charge in [-0.1, -0.05) is 17.3 Å². The Morgan fingerprint density at radius 2 is 1.66 bits per heavy atom. The summed E-state index contributed by atoms with van der Waals surface area (Å²) in [6, 6.07) is 15.4. The number of rotatable bonds is 8. The van der Waals surface area contributed by atoms with Crippen molar-refractivity contribution in [3.05, 3.63) is 89.5 Å². The van der Waals surface area contributed by atoms with Gasteiger partial charge in [0.05, 0.1) is 11.3 Å². The number of ether oxygens (including phenoxy) is 2. The van der Waals surface area contributed by atoms with Gasteiger partial charge in [-0.25, -0.2) is 9.18 Å². The molecule has 0 saturated heterocycles. The van der Waals surface area contributed by atoms with Crippen LogP contribution in [0.2, 0.25) is 0 Å². The Bertz CT molecular complexity index is 1000. The topological polar surface area (TPSA) is 101 Å². The standard InChI is InChI=1S/C21H17FN2O5/c22-16-3-1-14(2-4-16)12-28-17-5-7-18(8-6-17)29-13-20(24-27)19-11-15(21(25)26)9-10-23-19/h1-11,27H,12-13H2,(H,25,26)/b24-20+. The first-order chi connectivity index (χ1) is 14.0. The van der Waals surface area contributed by atoms with Gasteiger partial charge in [0, 0.05) is 6.20 Å². The molecule has 0 aliphatic rings. The van der Waals surface area contributed by atoms with E-state index in [1.807, 2.05) is 0 Å². The highest BCUT2D eigenvalue weighted by Gasteiger charge is 2.11. The Balaban J connectivity index is 1.57. The van der Waals surface area contributed by atoms with E-state index in [2.05, 4.69) is 10.1 Å². The molecule has 1 aromatic heterocycles. The maximum absolute atomic E-state index is 12.9. The molecule has 29 heavy (non-hydrogen) atoms. The molecule has 0 fully saturated rings. The third-order valence-electron chi connectivity index (χ3n) is 3.94. The van der Waals surface area contributed by atoms with Gasteiger partial charge in [-0.15, -0.1) is 0 Å². The summed E-state index contributed by atoms with van der Waals surface area (Å²) in [5, 5.41) is 21.4. The summed E-state index contributed by atoms with van der Waals surface area (Å²) in [6.45, 7) is 0.190. The van der Waals surface area contributed by atoms with Crippen molar-refractivity contribution in [1.82, 2.24) is 4.98 Å². The van der Waals surface area contributed by atoms with Crippen LogP contribution in [0.25, 0.3) is 0 Å². The minimum Gasteiger partial charge on any atom is -0.489 e. The fraction of sp³-hybridized carbons (Fsp3) is 0.0952. The molecule has 2 N–H and O–H groups in total. The number of benzene rings is 2. The molecule has 3 rings (SSSR count). The number of halogens is 1. The number of oxime groups is 1. The predicted octanol–water partition coefficient (Wildman–Crippen LogP) is 3.76. The summed E-state index contributed by atoms with van der Waals surface area (Å²) in [4.78, 5) is 15.0. The molecule has 1 heterocycles. The van der Waals surface area contributed by atoms with Crippen molar-refractivity contribution in [2.75, 3.05) is 6.61 Å². The molecule has 0 unspecified atom stereocenters. The first-order valence-corrected chi connectivity index (χ1v) is 8.56. The van der Waals surface area contributed by atoms with Gasteiger partial charge in [0.15, 0.2) is 0 Å². The van der Waals surface area contributed by atoms with Crippen molar-refractivity contribution in [2.45, 2.75) is 6.61 Å². The van der Waals surface area contributed by atoms with E-state index >= 15 is 0 Å². The van der Waals surface area contributed by atoms with Gasteiger partial charge < -0.3 is 19.8 Å². The third kappa shape index (κ3) is 5.52. The van der Waals surface area contributed by atoms with Crippen molar-refractivity contribution in [3.8, 4) is 11.5 Å². The number of carboxylic acids is 1. The highest BCUT2D eigenvalue weighted by atomic mass is 19.1. The number of nitrogens with zero attached hydrogens (tertiary/aromatic N) is 2. The average Bonchev–Trinajstić information content (AvgIpc) is 2.75. The summed E-state index contributed by atoms with van der Waals surface area (Å²) in [7, 11) is 0. The number of hydrogen-bond donors (Lipinski definition) is 2. The number of aromatic nitrogens is 1. The Labute approximate surface area is 165 Å². The smallest absolute Gasteiger partial charge is 0.335 e. The van der Waals surface area contributed by atoms with E-state index in [0.29, 0.717) is 18.1 Å². The quantitative estimate of drug-likeness (QED) is 0.342. The molecular weight excluding hydrogens is 379 g/mol. The maximum Gasteiger partial charge on any atom is 0.335 e. The van der Waals surface area contributed by atoms with E-state index < -0.39 is 5.97 Å². The lowest BCUT2D eigenvalue weighted by molar-refractivity contribution is 0.0696. The molecule has 0 aliphatic carbocycles. The molecule has 0 aliphatic heterocycles. The maximum atomic E-state index is 12.9. The minimum absolute atomic E-state index is 0.0267. The van der Waals surface area contributed by atoms with E-state index in [1.165, 1.54) is 30.5 Å². The minimum atomic E-state index is -1.11. The predicted molar refractivity (Wildman–Crippen MR) is 102 cm³/mol. The SMILES string of the molecule is O=C(O)c1ccnc(/C(COc2ccc(OCc3ccc(F)cc3)cc2)=N/O)c1. The van der Waals surface area contributed by atoms with Crippen molar-refractivity contribution in [1.29, 1.82) is 0 Å². The average molecular weight is 396 g/mol. The number of aromatic carboxylic acids is 1. The molecule has 0 bridgehead atoms. The zero-order valence-corrected chi connectivity index (χ0v) is 15.2. The summed E-state index contributed by atoms with van der Waals surface area (Å²) in [5.41, 5.74) is 1.15. The first kappa shape index (κ1) is 19.8. The highest BCUT2D eigenvalue weighted by molar-refractivity contribution is 6.01. The van der Waals surface area contributed by atoms with Crippen LogP contribution in [0.1, 0.15) is 21.6 Å². The molecule has 0 amide bonds. The van der Waals surface area contributed by atoms with Gasteiger partial charge in [0.1, 0.15) is 36.2 Å². The lowest BCUT2D eigenvalue weighted by Crippen LogP contribution is -2.15. The summed E-state index contributed by atoms with van der Waals surface area (Å²) in [6.07, 6.45) is 1.32.